The molecule has 4 rings (SSSR count). The van der Waals surface area contributed by atoms with Gasteiger partial charge >= 0.3 is 0 Å². The Balaban J connectivity index is 1.48. The molecule has 238 valence electrons. The normalized spacial score (nSPS) is 21.5. The number of amides is 4. The van der Waals surface area contributed by atoms with Crippen LogP contribution in [0.3, 0.4) is 0 Å². The molecule has 2 aliphatic heterocycles. The third-order valence-corrected chi connectivity index (χ3v) is 7.77. The summed E-state index contributed by atoms with van der Waals surface area (Å²) >= 11 is 0. The van der Waals surface area contributed by atoms with Crippen LogP contribution in [0.25, 0.3) is 0 Å². The predicted octanol–water partition coefficient (Wildman–Crippen LogP) is 1.58. The Bertz CT molecular complexity index is 1330. The van der Waals surface area contributed by atoms with Gasteiger partial charge in [-0.05, 0) is 69.4 Å². The molecule has 4 atom stereocenters. The van der Waals surface area contributed by atoms with E-state index in [9.17, 15) is 24.3 Å². The van der Waals surface area contributed by atoms with Crippen LogP contribution >= 0.6 is 0 Å². The van der Waals surface area contributed by atoms with Crippen LogP contribution in [0.5, 0.6) is 17.2 Å². The van der Waals surface area contributed by atoms with Crippen molar-refractivity contribution in [2.75, 3.05) is 33.4 Å². The molecule has 0 spiro atoms. The Morgan fingerprint density at radius 3 is 2.70 bits per heavy atom. The van der Waals surface area contributed by atoms with Gasteiger partial charge < -0.3 is 40.2 Å². The van der Waals surface area contributed by atoms with Crippen molar-refractivity contribution in [1.82, 2.24) is 20.9 Å². The quantitative estimate of drug-likeness (QED) is 0.312. The number of methoxy groups -OCH3 is 1. The number of aliphatic hydroxyl groups excluding tert-OH is 1. The van der Waals surface area contributed by atoms with Gasteiger partial charge in [-0.1, -0.05) is 18.2 Å². The molecule has 4 N–H and O–H groups in total. The van der Waals surface area contributed by atoms with Gasteiger partial charge in [-0.25, -0.2) is 0 Å². The molecule has 0 bridgehead atoms. The van der Waals surface area contributed by atoms with Crippen LogP contribution < -0.4 is 30.2 Å². The van der Waals surface area contributed by atoms with E-state index in [1.807, 2.05) is 25.1 Å². The molecule has 2 aromatic rings. The van der Waals surface area contributed by atoms with Gasteiger partial charge in [-0.3, -0.25) is 19.2 Å². The van der Waals surface area contributed by atoms with Crippen molar-refractivity contribution in [3.05, 3.63) is 53.6 Å². The van der Waals surface area contributed by atoms with Crippen LogP contribution in [-0.4, -0.2) is 91.3 Å². The lowest BCUT2D eigenvalue weighted by molar-refractivity contribution is -0.140. The summed E-state index contributed by atoms with van der Waals surface area (Å²) in [4.78, 5) is 54.8. The summed E-state index contributed by atoms with van der Waals surface area (Å²) in [6.45, 7) is 4.73. The first-order chi connectivity index (χ1) is 21.2. The van der Waals surface area contributed by atoms with E-state index >= 15 is 0 Å². The van der Waals surface area contributed by atoms with E-state index in [-0.39, 0.29) is 24.8 Å². The van der Waals surface area contributed by atoms with Crippen molar-refractivity contribution in [1.29, 1.82) is 0 Å². The Labute approximate surface area is 257 Å². The minimum Gasteiger partial charge on any atom is -0.493 e. The lowest BCUT2D eigenvalue weighted by Gasteiger charge is -2.31. The maximum absolute atomic E-state index is 13.4. The summed E-state index contributed by atoms with van der Waals surface area (Å²) in [5, 5.41) is 18.5. The largest absolute Gasteiger partial charge is 0.493 e. The molecule has 44 heavy (non-hydrogen) atoms. The Morgan fingerprint density at radius 2 is 1.95 bits per heavy atom. The topological polar surface area (TPSA) is 156 Å². The second-order valence-corrected chi connectivity index (χ2v) is 11.0. The third kappa shape index (κ3) is 8.19. The molecule has 0 unspecified atom stereocenters. The number of hydrogen-bond acceptors (Lipinski definition) is 8. The zero-order valence-corrected chi connectivity index (χ0v) is 25.5. The second-order valence-electron chi connectivity index (χ2n) is 11.0. The van der Waals surface area contributed by atoms with Crippen molar-refractivity contribution in [3.8, 4) is 17.2 Å². The molecule has 0 aromatic heterocycles. The second kappa shape index (κ2) is 15.4. The first-order valence-corrected chi connectivity index (χ1v) is 15.1. The van der Waals surface area contributed by atoms with Crippen LogP contribution in [0, 0.1) is 0 Å². The highest BCUT2D eigenvalue weighted by Crippen LogP contribution is 2.28. The monoisotopic (exact) mass is 610 g/mol. The minimum absolute atomic E-state index is 0.140. The van der Waals surface area contributed by atoms with Crippen LogP contribution in [0.1, 0.15) is 55.5 Å². The standard InChI is InChI=1S/C32H42N4O8/c1-4-43-26-14-13-21(17-27(26)42-3)9-7-15-33-31(40)24-18-28(38)35-29(20(2)37)32(41)36-16-8-10-22(36)19-44-25-12-6-5-11-23(25)30(39)34-24/h5-6,11-14,17,20,22,24,29,37H,4,7-10,15-16,18-19H2,1-3H3,(H,33,40)(H,34,39)(H,35,38)/t20-,22-,24+,29+/m1/s1. The van der Waals surface area contributed by atoms with Crippen molar-refractivity contribution in [2.45, 2.75) is 70.2 Å². The number of rotatable bonds is 9. The van der Waals surface area contributed by atoms with Crippen LogP contribution in [0.15, 0.2) is 42.5 Å². The summed E-state index contributed by atoms with van der Waals surface area (Å²) in [7, 11) is 1.57. The Morgan fingerprint density at radius 1 is 1.16 bits per heavy atom. The summed E-state index contributed by atoms with van der Waals surface area (Å²) in [6.07, 6.45) is 1.05. The highest BCUT2D eigenvalue weighted by Gasteiger charge is 2.37. The molecular weight excluding hydrogens is 568 g/mol. The smallest absolute Gasteiger partial charge is 0.255 e. The first kappa shape index (κ1) is 32.6. The fourth-order valence-corrected chi connectivity index (χ4v) is 5.47. The maximum atomic E-state index is 13.4. The molecule has 2 aliphatic rings. The Kier molecular flexibility index (Phi) is 11.4. The lowest BCUT2D eigenvalue weighted by atomic mass is 10.1. The number of carbonyl (C=O) groups excluding carboxylic acids is 4. The van der Waals surface area contributed by atoms with Gasteiger partial charge in [0.25, 0.3) is 5.91 Å². The summed E-state index contributed by atoms with van der Waals surface area (Å²) in [5.74, 6) is -0.601. The summed E-state index contributed by atoms with van der Waals surface area (Å²) in [5.41, 5.74) is 1.21. The van der Waals surface area contributed by atoms with Gasteiger partial charge in [0.2, 0.25) is 17.7 Å². The number of nitrogens with zero attached hydrogens (tertiary/aromatic N) is 1. The van der Waals surface area contributed by atoms with E-state index in [1.165, 1.54) is 6.92 Å². The van der Waals surface area contributed by atoms with Crippen molar-refractivity contribution in [2.24, 2.45) is 0 Å². The Hall–Kier alpha value is -4.32. The average molecular weight is 611 g/mol. The van der Waals surface area contributed by atoms with Gasteiger partial charge in [0.05, 0.1) is 37.8 Å². The molecule has 0 saturated carbocycles. The fraction of sp³-hybridized carbons (Fsp3) is 0.500. The zero-order valence-electron chi connectivity index (χ0n) is 25.5. The predicted molar refractivity (Wildman–Crippen MR) is 162 cm³/mol. The third-order valence-electron chi connectivity index (χ3n) is 7.77. The molecule has 12 heteroatoms. The summed E-state index contributed by atoms with van der Waals surface area (Å²) in [6, 6.07) is 9.58. The number of benzene rings is 2. The number of aryl methyl sites for hydroxylation is 1. The SMILES string of the molecule is CCOc1ccc(CCCNC(=O)[C@@H]2CC(=O)N[C@@H]([C@@H](C)O)C(=O)N3CCC[C@@H]3COc3ccccc3C(=O)N2)cc1OC. The molecule has 1 saturated heterocycles. The number of hydrogen-bond donors (Lipinski definition) is 4. The molecule has 2 heterocycles. The van der Waals surface area contributed by atoms with Gasteiger partial charge in [-0.15, -0.1) is 0 Å². The van der Waals surface area contributed by atoms with E-state index in [4.69, 9.17) is 14.2 Å². The van der Waals surface area contributed by atoms with E-state index in [1.54, 1.807) is 36.3 Å². The maximum Gasteiger partial charge on any atom is 0.255 e. The highest BCUT2D eigenvalue weighted by atomic mass is 16.5. The molecule has 12 nitrogen and oxygen atoms in total. The first-order valence-electron chi connectivity index (χ1n) is 15.1. The van der Waals surface area contributed by atoms with E-state index in [0.29, 0.717) is 49.7 Å². The van der Waals surface area contributed by atoms with Crippen molar-refractivity contribution in [3.63, 3.8) is 0 Å². The number of fused-ring (bicyclic) bond motifs is 2. The van der Waals surface area contributed by atoms with Gasteiger partial charge in [0.15, 0.2) is 11.5 Å². The number of nitrogens with one attached hydrogen (secondary N) is 3. The van der Waals surface area contributed by atoms with E-state index in [2.05, 4.69) is 16.0 Å². The number of aliphatic hydroxyl groups is 1. The highest BCUT2D eigenvalue weighted by molar-refractivity contribution is 6.01. The number of ether oxygens (including phenoxy) is 3. The minimum atomic E-state index is -1.24. The molecule has 1 fully saturated rings. The van der Waals surface area contributed by atoms with E-state index < -0.39 is 48.2 Å². The van der Waals surface area contributed by atoms with Crippen LogP contribution in [-0.2, 0) is 20.8 Å². The number of carbonyl (C=O) groups is 4. The molecule has 0 radical (unpaired) electrons. The number of para-hydroxylation sites is 1. The van der Waals surface area contributed by atoms with Crippen LogP contribution in [0.2, 0.25) is 0 Å². The fourth-order valence-electron chi connectivity index (χ4n) is 5.47. The van der Waals surface area contributed by atoms with Gasteiger partial charge in [0, 0.05) is 13.1 Å². The molecule has 0 aliphatic carbocycles. The summed E-state index contributed by atoms with van der Waals surface area (Å²) < 4.78 is 17.0. The van der Waals surface area contributed by atoms with E-state index in [0.717, 1.165) is 12.0 Å². The lowest BCUT2D eigenvalue weighted by Crippen LogP contribution is -2.57. The average Bonchev–Trinajstić information content (AvgIpc) is 3.49. The molecule has 2 aromatic carbocycles. The zero-order chi connectivity index (χ0) is 31.6. The van der Waals surface area contributed by atoms with Gasteiger partial charge in [-0.2, -0.15) is 0 Å². The van der Waals surface area contributed by atoms with Gasteiger partial charge in [0.1, 0.15) is 24.4 Å². The van der Waals surface area contributed by atoms with Crippen molar-refractivity contribution < 1.29 is 38.5 Å². The van der Waals surface area contributed by atoms with Crippen LogP contribution in [0.4, 0.5) is 0 Å². The van der Waals surface area contributed by atoms with Crippen molar-refractivity contribution >= 4 is 23.6 Å². The molecule has 4 amide bonds. The molecular formula is C32H42N4O8.